The summed E-state index contributed by atoms with van der Waals surface area (Å²) < 4.78 is 1.98. The van der Waals surface area contributed by atoms with Crippen LogP contribution in [0, 0.1) is 6.92 Å². The molecule has 2 N–H and O–H groups in total. The van der Waals surface area contributed by atoms with Crippen molar-refractivity contribution >= 4 is 17.4 Å². The topological polar surface area (TPSA) is 43.8 Å². The van der Waals surface area contributed by atoms with Gasteiger partial charge in [0.1, 0.15) is 17.3 Å². The maximum atomic E-state index is 6.20. The molecule has 4 heteroatoms. The molecule has 1 heterocycles. The van der Waals surface area contributed by atoms with Crippen molar-refractivity contribution in [1.82, 2.24) is 9.55 Å². The SMILES string of the molecule is C=CCn1c(CC)nc(-c2ccc(C)c(Cl)c2)c1N. The fourth-order valence-electron chi connectivity index (χ4n) is 2.07. The second-order valence-corrected chi connectivity index (χ2v) is 4.89. The molecule has 0 aliphatic heterocycles. The third kappa shape index (κ3) is 2.51. The van der Waals surface area contributed by atoms with E-state index in [1.54, 1.807) is 0 Å². The van der Waals surface area contributed by atoms with Gasteiger partial charge in [0, 0.05) is 23.6 Å². The summed E-state index contributed by atoms with van der Waals surface area (Å²) in [7, 11) is 0. The molecule has 1 aromatic heterocycles. The lowest BCUT2D eigenvalue weighted by Crippen LogP contribution is -2.05. The van der Waals surface area contributed by atoms with E-state index in [1.165, 1.54) is 0 Å². The summed E-state index contributed by atoms with van der Waals surface area (Å²) in [6.07, 6.45) is 2.65. The van der Waals surface area contributed by atoms with E-state index >= 15 is 0 Å². The molecule has 0 bridgehead atoms. The van der Waals surface area contributed by atoms with Crippen molar-refractivity contribution in [2.24, 2.45) is 0 Å². The van der Waals surface area contributed by atoms with Gasteiger partial charge in [-0.2, -0.15) is 0 Å². The Balaban J connectivity index is 2.55. The van der Waals surface area contributed by atoms with Gasteiger partial charge in [0.05, 0.1) is 0 Å². The minimum atomic E-state index is 0.664. The molecule has 0 radical (unpaired) electrons. The molecule has 2 aromatic rings. The molecule has 100 valence electrons. The Morgan fingerprint density at radius 2 is 2.21 bits per heavy atom. The molecular formula is C15H18ClN3. The minimum Gasteiger partial charge on any atom is -0.383 e. The number of halogens is 1. The highest BCUT2D eigenvalue weighted by Crippen LogP contribution is 2.29. The number of rotatable bonds is 4. The van der Waals surface area contributed by atoms with Crippen molar-refractivity contribution in [3.8, 4) is 11.3 Å². The van der Waals surface area contributed by atoms with E-state index in [0.29, 0.717) is 12.4 Å². The highest BCUT2D eigenvalue weighted by atomic mass is 35.5. The van der Waals surface area contributed by atoms with Crippen LogP contribution in [0.15, 0.2) is 30.9 Å². The maximum absolute atomic E-state index is 6.20. The van der Waals surface area contributed by atoms with E-state index in [9.17, 15) is 0 Å². The van der Waals surface area contributed by atoms with Crippen LogP contribution in [0.3, 0.4) is 0 Å². The fourth-order valence-corrected chi connectivity index (χ4v) is 2.25. The molecule has 19 heavy (non-hydrogen) atoms. The Kier molecular flexibility index (Phi) is 3.96. The standard InChI is InChI=1S/C15H18ClN3/c1-4-8-19-13(5-2)18-14(15(19)17)11-7-6-10(3)12(16)9-11/h4,6-7,9H,1,5,8,17H2,2-3H3. The van der Waals surface area contributed by atoms with Crippen molar-refractivity contribution in [2.75, 3.05) is 5.73 Å². The second-order valence-electron chi connectivity index (χ2n) is 4.48. The van der Waals surface area contributed by atoms with Crippen LogP contribution in [-0.2, 0) is 13.0 Å². The number of anilines is 1. The summed E-state index contributed by atoms with van der Waals surface area (Å²) >= 11 is 6.17. The number of nitrogens with zero attached hydrogens (tertiary/aromatic N) is 2. The second kappa shape index (κ2) is 5.49. The van der Waals surface area contributed by atoms with Gasteiger partial charge in [-0.25, -0.2) is 4.98 Å². The van der Waals surface area contributed by atoms with Gasteiger partial charge >= 0.3 is 0 Å². The Morgan fingerprint density at radius 3 is 2.79 bits per heavy atom. The quantitative estimate of drug-likeness (QED) is 0.862. The number of nitrogens with two attached hydrogens (primary N) is 1. The van der Waals surface area contributed by atoms with Crippen LogP contribution in [0.25, 0.3) is 11.3 Å². The van der Waals surface area contributed by atoms with Crippen LogP contribution in [0.1, 0.15) is 18.3 Å². The number of aromatic nitrogens is 2. The average molecular weight is 276 g/mol. The van der Waals surface area contributed by atoms with E-state index in [1.807, 2.05) is 35.8 Å². The zero-order chi connectivity index (χ0) is 14.0. The molecule has 0 spiro atoms. The number of allylic oxidation sites excluding steroid dienone is 1. The van der Waals surface area contributed by atoms with Gasteiger partial charge in [0.25, 0.3) is 0 Å². The number of imidazole rings is 1. The molecule has 0 aliphatic rings. The van der Waals surface area contributed by atoms with Gasteiger partial charge in [0.2, 0.25) is 0 Å². The fraction of sp³-hybridized carbons (Fsp3) is 0.267. The Labute approximate surface area is 118 Å². The van der Waals surface area contributed by atoms with Crippen LogP contribution in [0.4, 0.5) is 5.82 Å². The summed E-state index contributed by atoms with van der Waals surface area (Å²) in [5.74, 6) is 1.63. The van der Waals surface area contributed by atoms with E-state index in [0.717, 1.165) is 34.1 Å². The van der Waals surface area contributed by atoms with Crippen molar-refractivity contribution in [2.45, 2.75) is 26.8 Å². The van der Waals surface area contributed by atoms with Crippen LogP contribution in [-0.4, -0.2) is 9.55 Å². The van der Waals surface area contributed by atoms with Crippen LogP contribution >= 0.6 is 11.6 Å². The number of hydrogen-bond acceptors (Lipinski definition) is 2. The van der Waals surface area contributed by atoms with Gasteiger partial charge in [0.15, 0.2) is 0 Å². The predicted molar refractivity (Wildman–Crippen MR) is 81.4 cm³/mol. The highest BCUT2D eigenvalue weighted by molar-refractivity contribution is 6.31. The molecule has 0 saturated heterocycles. The van der Waals surface area contributed by atoms with Crippen molar-refractivity contribution < 1.29 is 0 Å². The molecule has 0 saturated carbocycles. The molecular weight excluding hydrogens is 258 g/mol. The Morgan fingerprint density at radius 1 is 1.47 bits per heavy atom. The normalized spacial score (nSPS) is 10.7. The first-order valence-corrected chi connectivity index (χ1v) is 6.68. The lowest BCUT2D eigenvalue weighted by molar-refractivity contribution is 0.757. The monoisotopic (exact) mass is 275 g/mol. The number of aryl methyl sites for hydroxylation is 2. The summed E-state index contributed by atoms with van der Waals surface area (Å²) in [6.45, 7) is 8.46. The molecule has 0 unspecified atom stereocenters. The van der Waals surface area contributed by atoms with Gasteiger partial charge in [-0.3, -0.25) is 0 Å². The molecule has 0 fully saturated rings. The smallest absolute Gasteiger partial charge is 0.132 e. The summed E-state index contributed by atoms with van der Waals surface area (Å²) in [5.41, 5.74) is 8.98. The van der Waals surface area contributed by atoms with E-state index in [-0.39, 0.29) is 0 Å². The molecule has 0 atom stereocenters. The van der Waals surface area contributed by atoms with E-state index in [4.69, 9.17) is 17.3 Å². The maximum Gasteiger partial charge on any atom is 0.132 e. The molecule has 0 amide bonds. The lowest BCUT2D eigenvalue weighted by Gasteiger charge is -2.05. The number of nitrogen functional groups attached to an aromatic ring is 1. The van der Waals surface area contributed by atoms with Gasteiger partial charge in [-0.1, -0.05) is 36.7 Å². The highest BCUT2D eigenvalue weighted by Gasteiger charge is 2.14. The molecule has 1 aromatic carbocycles. The first-order valence-electron chi connectivity index (χ1n) is 6.30. The summed E-state index contributed by atoms with van der Waals surface area (Å²) in [5, 5.41) is 0.730. The first-order chi connectivity index (χ1) is 9.08. The summed E-state index contributed by atoms with van der Waals surface area (Å²) in [6, 6.07) is 5.89. The first kappa shape index (κ1) is 13.7. The predicted octanol–water partition coefficient (Wildman–Crippen LogP) is 3.84. The third-order valence-corrected chi connectivity index (χ3v) is 3.57. The van der Waals surface area contributed by atoms with Crippen LogP contribution in [0.2, 0.25) is 5.02 Å². The van der Waals surface area contributed by atoms with Crippen molar-refractivity contribution in [3.63, 3.8) is 0 Å². The number of benzene rings is 1. The third-order valence-electron chi connectivity index (χ3n) is 3.16. The van der Waals surface area contributed by atoms with Crippen molar-refractivity contribution in [3.05, 3.63) is 47.3 Å². The van der Waals surface area contributed by atoms with E-state index < -0.39 is 0 Å². The van der Waals surface area contributed by atoms with Gasteiger partial charge in [-0.05, 0) is 18.6 Å². The zero-order valence-electron chi connectivity index (χ0n) is 11.3. The van der Waals surface area contributed by atoms with E-state index in [2.05, 4.69) is 18.5 Å². The lowest BCUT2D eigenvalue weighted by atomic mass is 10.1. The van der Waals surface area contributed by atoms with Crippen LogP contribution in [0.5, 0.6) is 0 Å². The Bertz CT molecular complexity index is 614. The summed E-state index contributed by atoms with van der Waals surface area (Å²) in [4.78, 5) is 4.62. The van der Waals surface area contributed by atoms with Crippen LogP contribution < -0.4 is 5.73 Å². The van der Waals surface area contributed by atoms with Gasteiger partial charge in [-0.15, -0.1) is 6.58 Å². The zero-order valence-corrected chi connectivity index (χ0v) is 12.0. The Hall–Kier alpha value is -1.74. The molecule has 0 aliphatic carbocycles. The largest absolute Gasteiger partial charge is 0.383 e. The minimum absolute atomic E-state index is 0.664. The molecule has 2 rings (SSSR count). The molecule has 3 nitrogen and oxygen atoms in total. The van der Waals surface area contributed by atoms with Crippen molar-refractivity contribution in [1.29, 1.82) is 0 Å². The van der Waals surface area contributed by atoms with Gasteiger partial charge < -0.3 is 10.3 Å². The average Bonchev–Trinajstić information content (AvgIpc) is 2.71. The number of hydrogen-bond donors (Lipinski definition) is 1.